The molecule has 0 saturated carbocycles. The summed E-state index contributed by atoms with van der Waals surface area (Å²) in [6.07, 6.45) is -4.66. The first-order chi connectivity index (χ1) is 11.1. The molecule has 0 atom stereocenters. The molecule has 0 fully saturated rings. The van der Waals surface area contributed by atoms with E-state index < -0.39 is 28.7 Å². The molecule has 1 aromatic carbocycles. The number of benzene rings is 1. The third-order valence-corrected chi connectivity index (χ3v) is 4.29. The minimum absolute atomic E-state index is 0.0171. The standard InChI is InChI=1S/C14H19F3N2O4S/c1-11-2-4-12(5-3-11)24(21,22)19-8-7-18-13(20)6-9-23-10-14(15,16)17/h2-5,19H,6-10H2,1H3,(H,18,20). The Morgan fingerprint density at radius 2 is 1.79 bits per heavy atom. The molecule has 0 aliphatic carbocycles. The van der Waals surface area contributed by atoms with E-state index in [9.17, 15) is 26.4 Å². The number of amides is 1. The van der Waals surface area contributed by atoms with Gasteiger partial charge in [0.2, 0.25) is 15.9 Å². The predicted molar refractivity (Wildman–Crippen MR) is 80.9 cm³/mol. The predicted octanol–water partition coefficient (Wildman–Crippen LogP) is 1.36. The first-order valence-electron chi connectivity index (χ1n) is 7.08. The number of carbonyl (C=O) groups is 1. The average Bonchev–Trinajstić information content (AvgIpc) is 2.48. The molecule has 10 heteroatoms. The van der Waals surface area contributed by atoms with Crippen LogP contribution in [-0.2, 0) is 19.6 Å². The summed E-state index contributed by atoms with van der Waals surface area (Å²) in [6.45, 7) is 0.0450. The fraction of sp³-hybridized carbons (Fsp3) is 0.500. The maximum atomic E-state index is 11.9. The molecule has 136 valence electrons. The molecule has 0 saturated heterocycles. The van der Waals surface area contributed by atoms with Gasteiger partial charge in [-0.1, -0.05) is 17.7 Å². The second-order valence-corrected chi connectivity index (χ2v) is 6.75. The van der Waals surface area contributed by atoms with Crippen LogP contribution in [0.5, 0.6) is 0 Å². The Morgan fingerprint density at radius 1 is 1.17 bits per heavy atom. The van der Waals surface area contributed by atoms with Gasteiger partial charge in [-0.2, -0.15) is 13.2 Å². The van der Waals surface area contributed by atoms with Crippen LogP contribution in [0, 0.1) is 6.92 Å². The van der Waals surface area contributed by atoms with E-state index in [0.29, 0.717) is 0 Å². The van der Waals surface area contributed by atoms with Crippen LogP contribution in [0.2, 0.25) is 0 Å². The number of alkyl halides is 3. The molecule has 0 aromatic heterocycles. The number of hydrogen-bond donors (Lipinski definition) is 2. The smallest absolute Gasteiger partial charge is 0.372 e. The average molecular weight is 368 g/mol. The minimum atomic E-state index is -4.43. The molecule has 0 spiro atoms. The zero-order chi connectivity index (χ0) is 18.2. The molecule has 24 heavy (non-hydrogen) atoms. The van der Waals surface area contributed by atoms with Gasteiger partial charge >= 0.3 is 6.18 Å². The number of sulfonamides is 1. The van der Waals surface area contributed by atoms with E-state index in [1.54, 1.807) is 12.1 Å². The highest BCUT2D eigenvalue weighted by Crippen LogP contribution is 2.14. The van der Waals surface area contributed by atoms with Gasteiger partial charge in [0.05, 0.1) is 11.5 Å². The summed E-state index contributed by atoms with van der Waals surface area (Å²) in [4.78, 5) is 11.5. The molecule has 0 aliphatic rings. The van der Waals surface area contributed by atoms with Crippen molar-refractivity contribution in [1.82, 2.24) is 10.0 Å². The lowest BCUT2D eigenvalue weighted by Gasteiger charge is -2.09. The van der Waals surface area contributed by atoms with Crippen molar-refractivity contribution in [3.63, 3.8) is 0 Å². The number of carbonyl (C=O) groups excluding carboxylic acids is 1. The largest absolute Gasteiger partial charge is 0.411 e. The number of nitrogens with one attached hydrogen (secondary N) is 2. The Morgan fingerprint density at radius 3 is 2.38 bits per heavy atom. The highest BCUT2D eigenvalue weighted by Gasteiger charge is 2.27. The van der Waals surface area contributed by atoms with Gasteiger partial charge in [0.15, 0.2) is 0 Å². The molecule has 1 amide bonds. The molecule has 1 aromatic rings. The summed E-state index contributed by atoms with van der Waals surface area (Å²) in [5.41, 5.74) is 0.925. The lowest BCUT2D eigenvalue weighted by atomic mass is 10.2. The van der Waals surface area contributed by atoms with Crippen LogP contribution in [-0.4, -0.2) is 46.8 Å². The molecular weight excluding hydrogens is 349 g/mol. The summed E-state index contributed by atoms with van der Waals surface area (Å²) in [6, 6.07) is 6.26. The van der Waals surface area contributed by atoms with Gasteiger partial charge in [0.1, 0.15) is 6.61 Å². The van der Waals surface area contributed by atoms with Crippen molar-refractivity contribution in [2.75, 3.05) is 26.3 Å². The number of ether oxygens (including phenoxy) is 1. The zero-order valence-corrected chi connectivity index (χ0v) is 13.8. The quantitative estimate of drug-likeness (QED) is 0.645. The van der Waals surface area contributed by atoms with Crippen LogP contribution in [0.3, 0.4) is 0 Å². The van der Waals surface area contributed by atoms with Crippen molar-refractivity contribution in [2.24, 2.45) is 0 Å². The van der Waals surface area contributed by atoms with Crippen molar-refractivity contribution in [3.8, 4) is 0 Å². The summed E-state index contributed by atoms with van der Waals surface area (Å²) in [5.74, 6) is -0.522. The summed E-state index contributed by atoms with van der Waals surface area (Å²) in [5, 5.41) is 2.39. The maximum absolute atomic E-state index is 11.9. The van der Waals surface area contributed by atoms with Crippen molar-refractivity contribution >= 4 is 15.9 Å². The second kappa shape index (κ2) is 9.00. The number of aryl methyl sites for hydroxylation is 1. The molecule has 2 N–H and O–H groups in total. The number of rotatable bonds is 9. The van der Waals surface area contributed by atoms with Gasteiger partial charge < -0.3 is 10.1 Å². The Balaban J connectivity index is 2.23. The number of halogens is 3. The molecular formula is C14H19F3N2O4S. The summed E-state index contributed by atoms with van der Waals surface area (Å²) >= 11 is 0. The third kappa shape index (κ3) is 8.27. The Labute approximate surface area is 138 Å². The molecule has 1 rings (SSSR count). The van der Waals surface area contributed by atoms with E-state index in [1.807, 2.05) is 6.92 Å². The summed E-state index contributed by atoms with van der Waals surface area (Å²) < 4.78 is 65.9. The van der Waals surface area contributed by atoms with Gasteiger partial charge in [-0.3, -0.25) is 4.79 Å². The van der Waals surface area contributed by atoms with E-state index in [4.69, 9.17) is 0 Å². The van der Waals surface area contributed by atoms with E-state index in [1.165, 1.54) is 12.1 Å². The van der Waals surface area contributed by atoms with Gasteiger partial charge in [-0.15, -0.1) is 0 Å². The van der Waals surface area contributed by atoms with Crippen molar-refractivity contribution in [3.05, 3.63) is 29.8 Å². The normalized spacial score (nSPS) is 12.2. The van der Waals surface area contributed by atoms with Crippen LogP contribution >= 0.6 is 0 Å². The van der Waals surface area contributed by atoms with Crippen molar-refractivity contribution in [1.29, 1.82) is 0 Å². The summed E-state index contributed by atoms with van der Waals surface area (Å²) in [7, 11) is -3.66. The molecule has 0 unspecified atom stereocenters. The SMILES string of the molecule is Cc1ccc(S(=O)(=O)NCCNC(=O)CCOCC(F)(F)F)cc1. The molecule has 0 aliphatic heterocycles. The van der Waals surface area contributed by atoms with Crippen LogP contribution in [0.25, 0.3) is 0 Å². The highest BCUT2D eigenvalue weighted by atomic mass is 32.2. The number of hydrogen-bond acceptors (Lipinski definition) is 4. The first kappa shape index (κ1) is 20.4. The van der Waals surface area contributed by atoms with E-state index in [0.717, 1.165) is 5.56 Å². The lowest BCUT2D eigenvalue weighted by Crippen LogP contribution is -2.35. The first-order valence-corrected chi connectivity index (χ1v) is 8.56. The molecule has 0 radical (unpaired) electrons. The van der Waals surface area contributed by atoms with E-state index in [-0.39, 0.29) is 31.0 Å². The zero-order valence-electron chi connectivity index (χ0n) is 13.0. The van der Waals surface area contributed by atoms with Crippen molar-refractivity contribution < 1.29 is 31.1 Å². The maximum Gasteiger partial charge on any atom is 0.411 e. The fourth-order valence-electron chi connectivity index (χ4n) is 1.63. The van der Waals surface area contributed by atoms with E-state index >= 15 is 0 Å². The third-order valence-electron chi connectivity index (χ3n) is 2.81. The Hall–Kier alpha value is -1.65. The van der Waals surface area contributed by atoms with Crippen LogP contribution in [0.4, 0.5) is 13.2 Å². The lowest BCUT2D eigenvalue weighted by molar-refractivity contribution is -0.174. The second-order valence-electron chi connectivity index (χ2n) is 4.98. The van der Waals surface area contributed by atoms with E-state index in [2.05, 4.69) is 14.8 Å². The Kier molecular flexibility index (Phi) is 7.64. The van der Waals surface area contributed by atoms with Gasteiger partial charge in [-0.05, 0) is 19.1 Å². The van der Waals surface area contributed by atoms with Gasteiger partial charge in [0.25, 0.3) is 0 Å². The van der Waals surface area contributed by atoms with Crippen LogP contribution in [0.1, 0.15) is 12.0 Å². The Bertz CT molecular complexity index is 630. The van der Waals surface area contributed by atoms with Crippen molar-refractivity contribution in [2.45, 2.75) is 24.4 Å². The van der Waals surface area contributed by atoms with Crippen LogP contribution in [0.15, 0.2) is 29.2 Å². The minimum Gasteiger partial charge on any atom is -0.372 e. The topological polar surface area (TPSA) is 84.5 Å². The molecule has 0 bridgehead atoms. The van der Waals surface area contributed by atoms with Gasteiger partial charge in [0, 0.05) is 19.5 Å². The van der Waals surface area contributed by atoms with Gasteiger partial charge in [-0.25, -0.2) is 13.1 Å². The molecule has 6 nitrogen and oxygen atoms in total. The molecule has 0 heterocycles. The highest BCUT2D eigenvalue weighted by molar-refractivity contribution is 7.89. The fourth-order valence-corrected chi connectivity index (χ4v) is 2.66. The monoisotopic (exact) mass is 368 g/mol. The van der Waals surface area contributed by atoms with Crippen LogP contribution < -0.4 is 10.0 Å².